The van der Waals surface area contributed by atoms with Gasteiger partial charge in [0, 0.05) is 11.8 Å². The number of amides is 1. The van der Waals surface area contributed by atoms with Crippen LogP contribution in [0.15, 0.2) is 24.3 Å². The number of hydrogen-bond donors (Lipinski definition) is 2. The minimum Gasteiger partial charge on any atom is -0.396 e. The van der Waals surface area contributed by atoms with E-state index in [1.165, 1.54) is 12.1 Å². The Hall–Kier alpha value is -1.55. The van der Waals surface area contributed by atoms with Crippen LogP contribution >= 0.6 is 0 Å². The van der Waals surface area contributed by atoms with Crippen molar-refractivity contribution in [2.45, 2.75) is 6.42 Å². The van der Waals surface area contributed by atoms with Gasteiger partial charge in [-0.1, -0.05) is 6.07 Å². The number of nitrogens with one attached hydrogen (secondary N) is 1. The van der Waals surface area contributed by atoms with Crippen LogP contribution in [0.2, 0.25) is 0 Å². The molecule has 0 saturated heterocycles. The molecule has 1 rings (SSSR count). The third kappa shape index (κ3) is 3.13. The third-order valence-corrected chi connectivity index (χ3v) is 1.46. The van der Waals surface area contributed by atoms with Gasteiger partial charge in [0.25, 0.3) is 0 Å². The molecule has 0 spiro atoms. The van der Waals surface area contributed by atoms with Gasteiger partial charge in [0.1, 0.15) is 0 Å². The van der Waals surface area contributed by atoms with Crippen molar-refractivity contribution < 1.29 is 15.0 Å². The fourth-order valence-electron chi connectivity index (χ4n) is 0.899. The first-order valence-electron chi connectivity index (χ1n) is 3.90. The zero-order valence-electron chi connectivity index (χ0n) is 6.99. The molecule has 0 unspecified atom stereocenters. The van der Waals surface area contributed by atoms with E-state index in [1.807, 2.05) is 0 Å². The van der Waals surface area contributed by atoms with Crippen LogP contribution in [0.3, 0.4) is 0 Å². The first-order chi connectivity index (χ1) is 6.22. The summed E-state index contributed by atoms with van der Waals surface area (Å²) in [6.45, 7) is -0.192. The lowest BCUT2D eigenvalue weighted by Crippen LogP contribution is -2.12. The topological polar surface area (TPSA) is 69.2 Å². The van der Waals surface area contributed by atoms with Crippen molar-refractivity contribution in [3.05, 3.63) is 24.3 Å². The molecule has 0 heterocycles. The Kier molecular flexibility index (Phi) is 3.28. The molecule has 0 atom stereocenters. The normalized spacial score (nSPS) is 9.62. The molecular formula is C9H10NO3. The summed E-state index contributed by atoms with van der Waals surface area (Å²) in [4.78, 5) is 11.0. The van der Waals surface area contributed by atoms with Crippen LogP contribution in [0.5, 0.6) is 5.75 Å². The fourth-order valence-corrected chi connectivity index (χ4v) is 0.899. The number of aliphatic hydroxyl groups excluding tert-OH is 1. The number of hydrogen-bond acceptors (Lipinski definition) is 2. The summed E-state index contributed by atoms with van der Waals surface area (Å²) < 4.78 is 0. The van der Waals surface area contributed by atoms with E-state index < -0.39 is 0 Å². The average molecular weight is 180 g/mol. The standard InChI is InChI=1S/C9H10NO3/c11-5-4-9(13)10-7-2-1-3-8(12)6-7/h1-3,6,11H,4-5H2,(H,10,13). The molecule has 4 heteroatoms. The number of benzene rings is 1. The van der Waals surface area contributed by atoms with E-state index in [0.29, 0.717) is 5.69 Å². The van der Waals surface area contributed by atoms with Gasteiger partial charge in [-0.15, -0.1) is 0 Å². The maximum Gasteiger partial charge on any atom is 0.226 e. The number of rotatable bonds is 3. The second-order valence-corrected chi connectivity index (χ2v) is 2.55. The molecule has 4 nitrogen and oxygen atoms in total. The van der Waals surface area contributed by atoms with Crippen molar-refractivity contribution >= 4 is 11.6 Å². The number of carbonyl (C=O) groups excluding carboxylic acids is 1. The molecule has 13 heavy (non-hydrogen) atoms. The van der Waals surface area contributed by atoms with Gasteiger partial charge in [0.05, 0.1) is 13.0 Å². The zero-order chi connectivity index (χ0) is 9.68. The van der Waals surface area contributed by atoms with Gasteiger partial charge in [0.15, 0.2) is 5.75 Å². The molecule has 0 bridgehead atoms. The van der Waals surface area contributed by atoms with Gasteiger partial charge in [-0.25, -0.2) is 0 Å². The monoisotopic (exact) mass is 180 g/mol. The second-order valence-electron chi connectivity index (χ2n) is 2.55. The smallest absolute Gasteiger partial charge is 0.226 e. The molecular weight excluding hydrogens is 170 g/mol. The van der Waals surface area contributed by atoms with Crippen molar-refractivity contribution in [1.82, 2.24) is 0 Å². The lowest BCUT2D eigenvalue weighted by molar-refractivity contribution is -0.116. The molecule has 0 aromatic heterocycles. The van der Waals surface area contributed by atoms with Crippen molar-refractivity contribution in [3.63, 3.8) is 0 Å². The summed E-state index contributed by atoms with van der Waals surface area (Å²) in [7, 11) is 0. The molecule has 1 aromatic carbocycles. The Morgan fingerprint density at radius 3 is 2.85 bits per heavy atom. The summed E-state index contributed by atoms with van der Waals surface area (Å²) >= 11 is 0. The predicted molar refractivity (Wildman–Crippen MR) is 46.9 cm³/mol. The summed E-state index contributed by atoms with van der Waals surface area (Å²) in [6.07, 6.45) is 0.0447. The fraction of sp³-hybridized carbons (Fsp3) is 0.222. The van der Waals surface area contributed by atoms with Crippen LogP contribution in [0.1, 0.15) is 6.42 Å². The van der Waals surface area contributed by atoms with Crippen LogP contribution in [0.25, 0.3) is 0 Å². The van der Waals surface area contributed by atoms with E-state index in [2.05, 4.69) is 5.32 Å². The van der Waals surface area contributed by atoms with E-state index in [1.54, 1.807) is 12.1 Å². The van der Waals surface area contributed by atoms with E-state index in [4.69, 9.17) is 5.11 Å². The molecule has 69 valence electrons. The maximum absolute atomic E-state index is 11.0. The molecule has 0 saturated carbocycles. The van der Waals surface area contributed by atoms with Crippen LogP contribution in [0, 0.1) is 0 Å². The number of aliphatic hydroxyl groups is 1. The van der Waals surface area contributed by atoms with E-state index in [-0.39, 0.29) is 24.7 Å². The highest BCUT2D eigenvalue weighted by Crippen LogP contribution is 2.15. The predicted octanol–water partition coefficient (Wildman–Crippen LogP) is 1.15. The van der Waals surface area contributed by atoms with Crippen LogP contribution in [-0.4, -0.2) is 17.6 Å². The minimum absolute atomic E-state index is 0.0447. The van der Waals surface area contributed by atoms with Crippen molar-refractivity contribution in [2.75, 3.05) is 11.9 Å². The largest absolute Gasteiger partial charge is 0.396 e. The molecule has 0 fully saturated rings. The first-order valence-corrected chi connectivity index (χ1v) is 3.90. The van der Waals surface area contributed by atoms with E-state index in [0.717, 1.165) is 0 Å². The zero-order valence-corrected chi connectivity index (χ0v) is 6.99. The molecule has 0 aliphatic heterocycles. The summed E-state index contributed by atoms with van der Waals surface area (Å²) in [5.41, 5.74) is 0.464. The molecule has 2 N–H and O–H groups in total. The Morgan fingerprint density at radius 1 is 1.46 bits per heavy atom. The molecule has 0 aliphatic carbocycles. The van der Waals surface area contributed by atoms with E-state index in [9.17, 15) is 9.90 Å². The lowest BCUT2D eigenvalue weighted by Gasteiger charge is -2.02. The van der Waals surface area contributed by atoms with Gasteiger partial charge in [-0.2, -0.15) is 0 Å². The van der Waals surface area contributed by atoms with Crippen LogP contribution < -0.4 is 5.32 Å². The lowest BCUT2D eigenvalue weighted by atomic mass is 10.3. The van der Waals surface area contributed by atoms with Crippen molar-refractivity contribution in [3.8, 4) is 5.75 Å². The summed E-state index contributed by atoms with van der Waals surface area (Å²) in [5.74, 6) is -0.449. The Morgan fingerprint density at radius 2 is 2.23 bits per heavy atom. The molecule has 0 aliphatic rings. The van der Waals surface area contributed by atoms with Gasteiger partial charge in [0.2, 0.25) is 5.91 Å². The van der Waals surface area contributed by atoms with Gasteiger partial charge in [-0.05, 0) is 12.1 Å². The molecule has 1 amide bonds. The number of carbonyl (C=O) groups is 1. The van der Waals surface area contributed by atoms with Gasteiger partial charge < -0.3 is 10.4 Å². The Labute approximate surface area is 75.8 Å². The quantitative estimate of drug-likeness (QED) is 0.732. The van der Waals surface area contributed by atoms with E-state index >= 15 is 0 Å². The van der Waals surface area contributed by atoms with Crippen molar-refractivity contribution in [1.29, 1.82) is 0 Å². The highest BCUT2D eigenvalue weighted by atomic mass is 16.3. The molecule has 1 aromatic rings. The highest BCUT2D eigenvalue weighted by molar-refractivity contribution is 5.90. The maximum atomic E-state index is 11.0. The molecule has 1 radical (unpaired) electrons. The SMILES string of the molecule is [O]c1cccc(NC(=O)CCO)c1. The average Bonchev–Trinajstić information content (AvgIpc) is 2.04. The Balaban J connectivity index is 2.58. The van der Waals surface area contributed by atoms with Gasteiger partial charge in [-0.3, -0.25) is 9.90 Å². The first kappa shape index (κ1) is 9.54. The van der Waals surface area contributed by atoms with Crippen molar-refractivity contribution in [2.24, 2.45) is 0 Å². The third-order valence-electron chi connectivity index (χ3n) is 1.46. The highest BCUT2D eigenvalue weighted by Gasteiger charge is 2.01. The van der Waals surface area contributed by atoms with Gasteiger partial charge >= 0.3 is 0 Å². The summed E-state index contributed by atoms with van der Waals surface area (Å²) in [6, 6.07) is 5.92. The van der Waals surface area contributed by atoms with Crippen LogP contribution in [-0.2, 0) is 9.90 Å². The summed E-state index contributed by atoms with van der Waals surface area (Å²) in [5, 5.41) is 21.8. The van der Waals surface area contributed by atoms with Crippen LogP contribution in [0.4, 0.5) is 5.69 Å². The number of anilines is 1. The minimum atomic E-state index is -0.298. The second kappa shape index (κ2) is 4.47. The Bertz CT molecular complexity index is 299.